The number of benzene rings is 1. The molecule has 0 unspecified atom stereocenters. The second-order valence-electron chi connectivity index (χ2n) is 4.03. The average molecular weight is 323 g/mol. The second-order valence-corrected chi connectivity index (χ2v) is 5.90. The Kier molecular flexibility index (Phi) is 3.70. The first-order valence-electron chi connectivity index (χ1n) is 5.74. The van der Waals surface area contributed by atoms with Gasteiger partial charge in [-0.2, -0.15) is 0 Å². The largest absolute Gasteiger partial charge is 0.296 e. The van der Waals surface area contributed by atoms with Crippen LogP contribution in [0, 0.1) is 0 Å². The summed E-state index contributed by atoms with van der Waals surface area (Å²) in [5.74, 6) is 0. The molecule has 0 N–H and O–H groups in total. The van der Waals surface area contributed by atoms with Crippen LogP contribution in [0.4, 0.5) is 0 Å². The first-order chi connectivity index (χ1) is 9.69. The number of rotatable bonds is 3. The van der Waals surface area contributed by atoms with Crippen molar-refractivity contribution in [3.05, 3.63) is 58.3 Å². The molecule has 0 aliphatic carbocycles. The lowest BCUT2D eigenvalue weighted by Crippen LogP contribution is -1.90. The minimum absolute atomic E-state index is 0.480. The summed E-state index contributed by atoms with van der Waals surface area (Å²) < 4.78 is 1.76. The Labute approximate surface area is 129 Å². The summed E-state index contributed by atoms with van der Waals surface area (Å²) in [5, 5.41) is 1.62. The van der Waals surface area contributed by atoms with Gasteiger partial charge in [-0.25, -0.2) is 4.98 Å². The van der Waals surface area contributed by atoms with Crippen LogP contribution < -0.4 is 0 Å². The van der Waals surface area contributed by atoms with Crippen molar-refractivity contribution in [1.29, 1.82) is 0 Å². The maximum absolute atomic E-state index is 11.3. The third kappa shape index (κ3) is 2.42. The lowest BCUT2D eigenvalue weighted by atomic mass is 10.4. The SMILES string of the molecule is O=Cc1c(Sc2ccc(Cl)c(Cl)c2)nc2ccccn12. The molecule has 0 saturated carbocycles. The number of fused-ring (bicyclic) bond motifs is 1. The molecule has 0 saturated heterocycles. The molecule has 0 aliphatic rings. The van der Waals surface area contributed by atoms with E-state index >= 15 is 0 Å². The molecular weight excluding hydrogens is 315 g/mol. The molecule has 3 rings (SSSR count). The fraction of sp³-hybridized carbons (Fsp3) is 0. The fourth-order valence-electron chi connectivity index (χ4n) is 1.83. The number of aromatic nitrogens is 2. The van der Waals surface area contributed by atoms with Crippen molar-refractivity contribution in [2.45, 2.75) is 9.92 Å². The normalized spacial score (nSPS) is 10.9. The molecule has 3 aromatic rings. The summed E-state index contributed by atoms with van der Waals surface area (Å²) in [5.41, 5.74) is 1.26. The molecule has 0 radical (unpaired) electrons. The van der Waals surface area contributed by atoms with Crippen LogP contribution >= 0.6 is 35.0 Å². The number of imidazole rings is 1. The maximum atomic E-state index is 11.3. The van der Waals surface area contributed by atoms with E-state index in [0.29, 0.717) is 20.8 Å². The molecule has 20 heavy (non-hydrogen) atoms. The molecule has 0 amide bonds. The third-order valence-corrected chi connectivity index (χ3v) is 4.47. The number of hydrogen-bond donors (Lipinski definition) is 0. The van der Waals surface area contributed by atoms with Crippen molar-refractivity contribution >= 4 is 46.9 Å². The highest BCUT2D eigenvalue weighted by Crippen LogP contribution is 2.33. The van der Waals surface area contributed by atoms with Gasteiger partial charge in [-0.15, -0.1) is 0 Å². The van der Waals surface area contributed by atoms with Crippen molar-refractivity contribution < 1.29 is 4.79 Å². The minimum Gasteiger partial charge on any atom is -0.296 e. The predicted octanol–water partition coefficient (Wildman–Crippen LogP) is 4.60. The van der Waals surface area contributed by atoms with E-state index in [1.54, 1.807) is 16.5 Å². The number of carbonyl (C=O) groups excluding carboxylic acids is 1. The van der Waals surface area contributed by atoms with Gasteiger partial charge >= 0.3 is 0 Å². The molecule has 0 spiro atoms. The van der Waals surface area contributed by atoms with E-state index in [1.807, 2.05) is 30.5 Å². The van der Waals surface area contributed by atoms with Gasteiger partial charge in [0.2, 0.25) is 0 Å². The van der Waals surface area contributed by atoms with Crippen molar-refractivity contribution in [3.63, 3.8) is 0 Å². The Morgan fingerprint density at radius 3 is 2.75 bits per heavy atom. The van der Waals surface area contributed by atoms with Gasteiger partial charge < -0.3 is 0 Å². The number of carbonyl (C=O) groups is 1. The van der Waals surface area contributed by atoms with Gasteiger partial charge in [0.05, 0.1) is 10.0 Å². The molecule has 100 valence electrons. The number of aldehydes is 1. The quantitative estimate of drug-likeness (QED) is 0.660. The van der Waals surface area contributed by atoms with Crippen molar-refractivity contribution in [3.8, 4) is 0 Å². The molecule has 2 heterocycles. The van der Waals surface area contributed by atoms with Gasteiger partial charge in [-0.3, -0.25) is 9.20 Å². The van der Waals surface area contributed by atoms with E-state index in [4.69, 9.17) is 23.2 Å². The van der Waals surface area contributed by atoms with Gasteiger partial charge in [0, 0.05) is 11.1 Å². The fourth-order valence-corrected chi connectivity index (χ4v) is 3.12. The van der Waals surface area contributed by atoms with E-state index < -0.39 is 0 Å². The Balaban J connectivity index is 2.05. The summed E-state index contributed by atoms with van der Waals surface area (Å²) in [6.07, 6.45) is 2.62. The number of hydrogen-bond acceptors (Lipinski definition) is 3. The standard InChI is InChI=1S/C14H8Cl2N2OS/c15-10-5-4-9(7-11(10)16)20-14-12(8-19)18-6-2-1-3-13(18)17-14/h1-8H. The van der Waals surface area contributed by atoms with Gasteiger partial charge in [0.25, 0.3) is 0 Å². The molecule has 0 atom stereocenters. The van der Waals surface area contributed by atoms with E-state index in [2.05, 4.69) is 4.98 Å². The maximum Gasteiger partial charge on any atom is 0.169 e. The highest BCUT2D eigenvalue weighted by atomic mass is 35.5. The molecular formula is C14H8Cl2N2OS. The van der Waals surface area contributed by atoms with Crippen molar-refractivity contribution in [1.82, 2.24) is 9.38 Å². The lowest BCUT2D eigenvalue weighted by molar-refractivity contribution is 0.111. The van der Waals surface area contributed by atoms with Crippen LogP contribution in [0.1, 0.15) is 10.5 Å². The first kappa shape index (κ1) is 13.5. The monoisotopic (exact) mass is 322 g/mol. The molecule has 0 bridgehead atoms. The zero-order chi connectivity index (χ0) is 14.1. The van der Waals surface area contributed by atoms with Crippen LogP contribution in [0.15, 0.2) is 52.5 Å². The Morgan fingerprint density at radius 2 is 2.00 bits per heavy atom. The van der Waals surface area contributed by atoms with Crippen LogP contribution in [0.25, 0.3) is 5.65 Å². The molecule has 0 aliphatic heterocycles. The van der Waals surface area contributed by atoms with Crippen LogP contribution in [0.5, 0.6) is 0 Å². The van der Waals surface area contributed by atoms with Crippen LogP contribution in [0.2, 0.25) is 10.0 Å². The zero-order valence-electron chi connectivity index (χ0n) is 10.1. The highest BCUT2D eigenvalue weighted by Gasteiger charge is 2.13. The smallest absolute Gasteiger partial charge is 0.169 e. The first-order valence-corrected chi connectivity index (χ1v) is 7.31. The number of halogens is 2. The minimum atomic E-state index is 0.480. The van der Waals surface area contributed by atoms with Crippen LogP contribution in [-0.4, -0.2) is 15.7 Å². The summed E-state index contributed by atoms with van der Waals surface area (Å²) >= 11 is 13.3. The van der Waals surface area contributed by atoms with Gasteiger partial charge in [0.1, 0.15) is 16.4 Å². The molecule has 2 aromatic heterocycles. The number of nitrogens with zero attached hydrogens (tertiary/aromatic N) is 2. The topological polar surface area (TPSA) is 34.4 Å². The molecule has 6 heteroatoms. The predicted molar refractivity (Wildman–Crippen MR) is 81.2 cm³/mol. The summed E-state index contributed by atoms with van der Waals surface area (Å²) in [7, 11) is 0. The lowest BCUT2D eigenvalue weighted by Gasteiger charge is -2.01. The van der Waals surface area contributed by atoms with Gasteiger partial charge in [-0.05, 0) is 30.3 Å². The molecule has 1 aromatic carbocycles. The van der Waals surface area contributed by atoms with E-state index in [1.165, 1.54) is 11.8 Å². The molecule has 0 fully saturated rings. The van der Waals surface area contributed by atoms with E-state index in [0.717, 1.165) is 16.8 Å². The Bertz CT molecular complexity index is 801. The van der Waals surface area contributed by atoms with E-state index in [-0.39, 0.29) is 0 Å². The Hall–Kier alpha value is -1.49. The Morgan fingerprint density at radius 1 is 1.15 bits per heavy atom. The third-order valence-electron chi connectivity index (χ3n) is 2.75. The number of pyridine rings is 1. The highest BCUT2D eigenvalue weighted by molar-refractivity contribution is 7.99. The summed E-state index contributed by atoms with van der Waals surface area (Å²) in [6, 6.07) is 10.9. The molecule has 3 nitrogen and oxygen atoms in total. The second kappa shape index (κ2) is 5.48. The average Bonchev–Trinajstić information content (AvgIpc) is 2.80. The van der Waals surface area contributed by atoms with Crippen LogP contribution in [0.3, 0.4) is 0 Å². The zero-order valence-corrected chi connectivity index (χ0v) is 12.4. The van der Waals surface area contributed by atoms with Gasteiger partial charge in [-0.1, -0.05) is 41.0 Å². The summed E-state index contributed by atoms with van der Waals surface area (Å²) in [4.78, 5) is 16.6. The summed E-state index contributed by atoms with van der Waals surface area (Å²) in [6.45, 7) is 0. The van der Waals surface area contributed by atoms with Crippen molar-refractivity contribution in [2.75, 3.05) is 0 Å². The van der Waals surface area contributed by atoms with Crippen molar-refractivity contribution in [2.24, 2.45) is 0 Å². The van der Waals surface area contributed by atoms with E-state index in [9.17, 15) is 4.79 Å². The van der Waals surface area contributed by atoms with Crippen LogP contribution in [-0.2, 0) is 0 Å². The van der Waals surface area contributed by atoms with Gasteiger partial charge in [0.15, 0.2) is 6.29 Å².